The fourth-order valence-corrected chi connectivity index (χ4v) is 3.92. The van der Waals surface area contributed by atoms with Crippen molar-refractivity contribution in [2.24, 2.45) is 0 Å². The second-order valence-electron chi connectivity index (χ2n) is 7.50. The van der Waals surface area contributed by atoms with Gasteiger partial charge in [0.25, 0.3) is 5.91 Å². The third-order valence-corrected chi connectivity index (χ3v) is 5.46. The molecule has 1 aromatic carbocycles. The van der Waals surface area contributed by atoms with Gasteiger partial charge < -0.3 is 24.1 Å². The lowest BCUT2D eigenvalue weighted by molar-refractivity contribution is -0.114. The third kappa shape index (κ3) is 3.77. The smallest absolute Gasteiger partial charge is 0.349 e. The molecule has 3 heterocycles. The lowest BCUT2D eigenvalue weighted by atomic mass is 9.90. The summed E-state index contributed by atoms with van der Waals surface area (Å²) in [5, 5.41) is 4.03. The number of benzene rings is 1. The minimum absolute atomic E-state index is 0.0701. The van der Waals surface area contributed by atoms with E-state index in [1.54, 1.807) is 17.0 Å². The van der Waals surface area contributed by atoms with Gasteiger partial charge in [-0.1, -0.05) is 6.92 Å². The van der Waals surface area contributed by atoms with Crippen molar-refractivity contribution in [1.82, 2.24) is 10.2 Å². The van der Waals surface area contributed by atoms with Crippen LogP contribution in [0.4, 0.5) is 0 Å². The van der Waals surface area contributed by atoms with Crippen LogP contribution in [0.1, 0.15) is 36.5 Å². The largest absolute Gasteiger partial charge is 0.493 e. The van der Waals surface area contributed by atoms with Crippen LogP contribution in [0.2, 0.25) is 0 Å². The van der Waals surface area contributed by atoms with Crippen molar-refractivity contribution in [3.63, 3.8) is 0 Å². The molecule has 1 amide bonds. The number of hydrogen-bond donors (Lipinski definition) is 1. The van der Waals surface area contributed by atoms with Gasteiger partial charge in [-0.15, -0.1) is 0 Å². The Hall–Kier alpha value is -2.38. The number of hydrogen-bond acceptors (Lipinski definition) is 6. The SMILES string of the molecule is CCCOc1ccc2cc(C(=O)N3CCOC4(CCNCC4)C3)c(=O)oc2c1. The Kier molecular flexibility index (Phi) is 5.37. The Morgan fingerprint density at radius 1 is 1.29 bits per heavy atom. The number of rotatable bonds is 4. The maximum Gasteiger partial charge on any atom is 0.349 e. The van der Waals surface area contributed by atoms with E-state index < -0.39 is 5.63 Å². The lowest BCUT2D eigenvalue weighted by Crippen LogP contribution is -2.57. The van der Waals surface area contributed by atoms with Crippen molar-refractivity contribution in [2.75, 3.05) is 39.4 Å². The standard InChI is InChI=1S/C21H26N2O5/c1-2-10-26-16-4-3-15-12-17(20(25)28-18(15)13-16)19(24)23-9-11-27-21(14-23)5-7-22-8-6-21/h3-4,12-13,22H,2,5-11,14H2,1H3. The second kappa shape index (κ2) is 7.93. The van der Waals surface area contributed by atoms with E-state index in [1.807, 2.05) is 19.1 Å². The predicted octanol–water partition coefficient (Wildman–Crippen LogP) is 2.18. The highest BCUT2D eigenvalue weighted by molar-refractivity contribution is 5.96. The maximum absolute atomic E-state index is 13.1. The van der Waals surface area contributed by atoms with E-state index in [-0.39, 0.29) is 17.1 Å². The zero-order valence-electron chi connectivity index (χ0n) is 16.2. The molecular formula is C21H26N2O5. The number of ether oxygens (including phenoxy) is 2. The number of carbonyl (C=O) groups excluding carboxylic acids is 1. The molecule has 7 heteroatoms. The first-order valence-corrected chi connectivity index (χ1v) is 9.95. The van der Waals surface area contributed by atoms with Crippen LogP contribution in [0.15, 0.2) is 33.5 Å². The molecule has 2 aliphatic heterocycles. The summed E-state index contributed by atoms with van der Waals surface area (Å²) in [6.07, 6.45) is 2.62. The predicted molar refractivity (Wildman–Crippen MR) is 105 cm³/mol. The quantitative estimate of drug-likeness (QED) is 0.812. The van der Waals surface area contributed by atoms with Gasteiger partial charge in [-0.2, -0.15) is 0 Å². The van der Waals surface area contributed by atoms with Gasteiger partial charge in [0, 0.05) is 18.0 Å². The summed E-state index contributed by atoms with van der Waals surface area (Å²) in [4.78, 5) is 27.3. The van der Waals surface area contributed by atoms with Crippen molar-refractivity contribution in [3.8, 4) is 5.75 Å². The lowest BCUT2D eigenvalue weighted by Gasteiger charge is -2.45. The van der Waals surface area contributed by atoms with Gasteiger partial charge in [-0.25, -0.2) is 4.79 Å². The fraction of sp³-hybridized carbons (Fsp3) is 0.524. The van der Waals surface area contributed by atoms with Crippen LogP contribution in [0, 0.1) is 0 Å². The van der Waals surface area contributed by atoms with Gasteiger partial charge in [0.1, 0.15) is 16.9 Å². The average Bonchev–Trinajstić information content (AvgIpc) is 2.71. The van der Waals surface area contributed by atoms with Gasteiger partial charge in [-0.3, -0.25) is 4.79 Å². The second-order valence-corrected chi connectivity index (χ2v) is 7.50. The summed E-state index contributed by atoms with van der Waals surface area (Å²) in [7, 11) is 0. The molecule has 2 fully saturated rings. The number of carbonyl (C=O) groups is 1. The molecule has 2 aromatic rings. The molecule has 28 heavy (non-hydrogen) atoms. The van der Waals surface area contributed by atoms with E-state index in [2.05, 4.69) is 5.32 Å². The van der Waals surface area contributed by atoms with E-state index in [4.69, 9.17) is 13.9 Å². The Balaban J connectivity index is 1.58. The molecule has 1 aromatic heterocycles. The average molecular weight is 386 g/mol. The van der Waals surface area contributed by atoms with Gasteiger partial charge in [0.15, 0.2) is 0 Å². The van der Waals surface area contributed by atoms with Crippen molar-refractivity contribution in [3.05, 3.63) is 40.2 Å². The molecule has 4 rings (SSSR count). The van der Waals surface area contributed by atoms with Gasteiger partial charge >= 0.3 is 5.63 Å². The number of fused-ring (bicyclic) bond motifs is 1. The first-order chi connectivity index (χ1) is 13.6. The molecule has 0 atom stereocenters. The molecule has 0 radical (unpaired) electrons. The number of amides is 1. The summed E-state index contributed by atoms with van der Waals surface area (Å²) in [5.41, 5.74) is -0.425. The van der Waals surface area contributed by atoms with E-state index in [1.165, 1.54) is 0 Å². The first kappa shape index (κ1) is 19.0. The molecule has 1 spiro atoms. The highest BCUT2D eigenvalue weighted by Gasteiger charge is 2.39. The molecule has 7 nitrogen and oxygen atoms in total. The van der Waals surface area contributed by atoms with Crippen LogP contribution < -0.4 is 15.7 Å². The molecule has 0 saturated carbocycles. The highest BCUT2D eigenvalue weighted by atomic mass is 16.5. The summed E-state index contributed by atoms with van der Waals surface area (Å²) in [6, 6.07) is 6.95. The van der Waals surface area contributed by atoms with Crippen LogP contribution in [-0.2, 0) is 4.74 Å². The van der Waals surface area contributed by atoms with Gasteiger partial charge in [0.2, 0.25) is 0 Å². The zero-order valence-corrected chi connectivity index (χ0v) is 16.2. The molecule has 150 valence electrons. The molecular weight excluding hydrogens is 360 g/mol. The Bertz CT molecular complexity index is 911. The van der Waals surface area contributed by atoms with E-state index >= 15 is 0 Å². The number of nitrogens with zero attached hydrogens (tertiary/aromatic N) is 1. The molecule has 2 saturated heterocycles. The minimum Gasteiger partial charge on any atom is -0.493 e. The number of morpholine rings is 1. The monoisotopic (exact) mass is 386 g/mol. The Labute approximate surface area is 163 Å². The zero-order chi connectivity index (χ0) is 19.6. The van der Waals surface area contributed by atoms with Crippen LogP contribution in [0.3, 0.4) is 0 Å². The third-order valence-electron chi connectivity index (χ3n) is 5.46. The Morgan fingerprint density at radius 2 is 2.11 bits per heavy atom. The maximum atomic E-state index is 13.1. The highest BCUT2D eigenvalue weighted by Crippen LogP contribution is 2.28. The van der Waals surface area contributed by atoms with Gasteiger partial charge in [0.05, 0.1) is 25.4 Å². The summed E-state index contributed by atoms with van der Waals surface area (Å²) in [5.74, 6) is 0.362. The molecule has 0 bridgehead atoms. The van der Waals surface area contributed by atoms with E-state index in [0.29, 0.717) is 43.0 Å². The fourth-order valence-electron chi connectivity index (χ4n) is 3.92. The van der Waals surface area contributed by atoms with Crippen LogP contribution in [0.25, 0.3) is 11.0 Å². The van der Waals surface area contributed by atoms with Crippen molar-refractivity contribution < 1.29 is 18.7 Å². The molecule has 0 aliphatic carbocycles. The minimum atomic E-state index is -0.615. The summed E-state index contributed by atoms with van der Waals surface area (Å²) < 4.78 is 17.0. The van der Waals surface area contributed by atoms with E-state index in [9.17, 15) is 9.59 Å². The molecule has 1 N–H and O–H groups in total. The van der Waals surface area contributed by atoms with Crippen LogP contribution >= 0.6 is 0 Å². The normalized spacial score (nSPS) is 19.1. The summed E-state index contributed by atoms with van der Waals surface area (Å²) in [6.45, 7) is 5.86. The first-order valence-electron chi connectivity index (χ1n) is 9.95. The van der Waals surface area contributed by atoms with Crippen molar-refractivity contribution in [1.29, 1.82) is 0 Å². The topological polar surface area (TPSA) is 81.0 Å². The van der Waals surface area contributed by atoms with Gasteiger partial charge in [-0.05, 0) is 50.6 Å². The van der Waals surface area contributed by atoms with Crippen LogP contribution in [-0.4, -0.2) is 55.8 Å². The summed E-state index contributed by atoms with van der Waals surface area (Å²) >= 11 is 0. The Morgan fingerprint density at radius 3 is 2.89 bits per heavy atom. The molecule has 0 unspecified atom stereocenters. The van der Waals surface area contributed by atoms with Crippen LogP contribution in [0.5, 0.6) is 5.75 Å². The van der Waals surface area contributed by atoms with E-state index in [0.717, 1.165) is 32.4 Å². The number of piperidine rings is 1. The van der Waals surface area contributed by atoms with Crippen molar-refractivity contribution >= 4 is 16.9 Å². The van der Waals surface area contributed by atoms with Crippen molar-refractivity contribution in [2.45, 2.75) is 31.8 Å². The molecule has 2 aliphatic rings. The number of nitrogens with one attached hydrogen (secondary N) is 1.